The Balaban J connectivity index is 1.58. The van der Waals surface area contributed by atoms with Crippen molar-refractivity contribution in [1.82, 2.24) is 15.1 Å². The molecule has 2 bridgehead atoms. The zero-order valence-corrected chi connectivity index (χ0v) is 15.7. The van der Waals surface area contributed by atoms with Crippen molar-refractivity contribution in [2.24, 2.45) is 17.3 Å². The first-order valence-corrected chi connectivity index (χ1v) is 9.42. The first-order chi connectivity index (χ1) is 12.2. The van der Waals surface area contributed by atoms with Crippen LogP contribution >= 0.6 is 0 Å². The quantitative estimate of drug-likeness (QED) is 0.711. The molecule has 3 fully saturated rings. The summed E-state index contributed by atoms with van der Waals surface area (Å²) in [5.41, 5.74) is -0.698. The Morgan fingerprint density at radius 1 is 1.38 bits per heavy atom. The predicted molar refractivity (Wildman–Crippen MR) is 94.0 cm³/mol. The monoisotopic (exact) mass is 361 g/mol. The molecule has 0 radical (unpaired) electrons. The fourth-order valence-electron chi connectivity index (χ4n) is 4.77. The van der Waals surface area contributed by atoms with E-state index >= 15 is 0 Å². The summed E-state index contributed by atoms with van der Waals surface area (Å²) in [6.07, 6.45) is 4.26. The van der Waals surface area contributed by atoms with Gasteiger partial charge in [-0.05, 0) is 11.8 Å². The molecule has 0 aromatic heterocycles. The van der Waals surface area contributed by atoms with E-state index in [1.807, 2.05) is 17.1 Å². The highest BCUT2D eigenvalue weighted by Gasteiger charge is 2.67. The lowest BCUT2D eigenvalue weighted by molar-refractivity contribution is -0.144. The number of fused-ring (bicyclic) bond motifs is 1. The summed E-state index contributed by atoms with van der Waals surface area (Å²) in [5, 5.41) is 2.79. The van der Waals surface area contributed by atoms with Gasteiger partial charge < -0.3 is 19.9 Å². The molecule has 0 aromatic rings. The van der Waals surface area contributed by atoms with E-state index in [0.717, 1.165) is 6.42 Å². The summed E-state index contributed by atoms with van der Waals surface area (Å²) in [4.78, 5) is 41.6. The minimum Gasteiger partial charge on any atom is -0.360 e. The van der Waals surface area contributed by atoms with Crippen LogP contribution < -0.4 is 5.32 Å². The van der Waals surface area contributed by atoms with Crippen molar-refractivity contribution in [3.8, 4) is 0 Å². The van der Waals surface area contributed by atoms with Gasteiger partial charge in [-0.15, -0.1) is 0 Å². The molecule has 4 heterocycles. The highest BCUT2D eigenvalue weighted by atomic mass is 16.5. The summed E-state index contributed by atoms with van der Waals surface area (Å²) in [7, 11) is 0. The van der Waals surface area contributed by atoms with Crippen molar-refractivity contribution in [3.63, 3.8) is 0 Å². The molecular formula is C19H27N3O4. The normalized spacial score (nSPS) is 36.3. The highest BCUT2D eigenvalue weighted by Crippen LogP contribution is 2.52. The standard InChI is InChI=1S/C19H27N3O4/c1-18(2,3)10-22-11-19-6-5-12(26-19)14(15(19)17(22)25)16(24)21-8-4-7-20-13(23)9-21/h5-6,12,14-15H,4,7-11H2,1-3H3,(H,20,23)/t12-,14+,15+,19-/m0/s1. The van der Waals surface area contributed by atoms with Crippen LogP contribution in [0.25, 0.3) is 0 Å². The Morgan fingerprint density at radius 3 is 2.88 bits per heavy atom. The van der Waals surface area contributed by atoms with Crippen LogP contribution in [0.1, 0.15) is 27.2 Å². The largest absolute Gasteiger partial charge is 0.360 e. The van der Waals surface area contributed by atoms with Crippen molar-refractivity contribution in [3.05, 3.63) is 12.2 Å². The Morgan fingerprint density at radius 2 is 2.15 bits per heavy atom. The molecule has 1 N–H and O–H groups in total. The van der Waals surface area contributed by atoms with Crippen molar-refractivity contribution in [2.75, 3.05) is 32.7 Å². The van der Waals surface area contributed by atoms with Gasteiger partial charge in [0.1, 0.15) is 5.60 Å². The van der Waals surface area contributed by atoms with E-state index in [2.05, 4.69) is 26.1 Å². The average molecular weight is 361 g/mol. The van der Waals surface area contributed by atoms with Crippen molar-refractivity contribution < 1.29 is 19.1 Å². The minimum absolute atomic E-state index is 0.00407. The Bertz CT molecular complexity index is 683. The van der Waals surface area contributed by atoms with Crippen LogP contribution in [0.3, 0.4) is 0 Å². The summed E-state index contributed by atoms with van der Waals surface area (Å²) >= 11 is 0. The second kappa shape index (κ2) is 5.81. The Labute approximate surface area is 153 Å². The van der Waals surface area contributed by atoms with Crippen LogP contribution in [0.15, 0.2) is 12.2 Å². The van der Waals surface area contributed by atoms with Gasteiger partial charge in [-0.3, -0.25) is 14.4 Å². The number of carbonyl (C=O) groups is 3. The Kier molecular flexibility index (Phi) is 3.91. The summed E-state index contributed by atoms with van der Waals surface area (Å²) in [6, 6.07) is 0. The average Bonchev–Trinajstić information content (AvgIpc) is 3.10. The molecule has 3 amide bonds. The number of nitrogens with zero attached hydrogens (tertiary/aromatic N) is 2. The van der Waals surface area contributed by atoms with Gasteiger partial charge in [0.2, 0.25) is 17.7 Å². The Hall–Kier alpha value is -1.89. The molecule has 0 unspecified atom stereocenters. The van der Waals surface area contributed by atoms with Crippen LogP contribution in [0.4, 0.5) is 0 Å². The minimum atomic E-state index is -0.679. The molecule has 4 aliphatic rings. The lowest BCUT2D eigenvalue weighted by Crippen LogP contribution is -2.48. The number of amides is 3. The summed E-state index contributed by atoms with van der Waals surface area (Å²) in [5.74, 6) is -1.27. The smallest absolute Gasteiger partial charge is 0.239 e. The summed E-state index contributed by atoms with van der Waals surface area (Å²) in [6.45, 7) is 8.61. The predicted octanol–water partition coefficient (Wildman–Crippen LogP) is 0.163. The van der Waals surface area contributed by atoms with E-state index < -0.39 is 17.4 Å². The van der Waals surface area contributed by atoms with E-state index in [9.17, 15) is 14.4 Å². The van der Waals surface area contributed by atoms with E-state index in [0.29, 0.717) is 26.2 Å². The molecule has 0 aliphatic carbocycles. The van der Waals surface area contributed by atoms with E-state index in [-0.39, 0.29) is 35.8 Å². The maximum atomic E-state index is 13.2. The van der Waals surface area contributed by atoms with Gasteiger partial charge in [-0.25, -0.2) is 0 Å². The topological polar surface area (TPSA) is 79.0 Å². The molecule has 4 rings (SSSR count). The number of likely N-dealkylation sites (tertiary alicyclic amines) is 1. The van der Waals surface area contributed by atoms with Crippen LogP contribution in [0, 0.1) is 17.3 Å². The molecule has 3 saturated heterocycles. The third-order valence-electron chi connectivity index (χ3n) is 5.70. The second-order valence-corrected chi connectivity index (χ2v) is 9.12. The number of carbonyl (C=O) groups excluding carboxylic acids is 3. The van der Waals surface area contributed by atoms with Crippen LogP contribution in [0.2, 0.25) is 0 Å². The molecular weight excluding hydrogens is 334 g/mol. The molecule has 0 saturated carbocycles. The third-order valence-corrected chi connectivity index (χ3v) is 5.70. The van der Waals surface area contributed by atoms with Gasteiger partial charge in [0.15, 0.2) is 0 Å². The first-order valence-electron chi connectivity index (χ1n) is 9.42. The van der Waals surface area contributed by atoms with E-state index in [1.54, 1.807) is 4.90 Å². The fraction of sp³-hybridized carbons (Fsp3) is 0.737. The number of hydrogen-bond acceptors (Lipinski definition) is 4. The highest BCUT2D eigenvalue weighted by molar-refractivity contribution is 5.94. The van der Waals surface area contributed by atoms with E-state index in [4.69, 9.17) is 4.74 Å². The molecule has 1 spiro atoms. The lowest BCUT2D eigenvalue weighted by atomic mass is 9.76. The van der Waals surface area contributed by atoms with Crippen molar-refractivity contribution in [2.45, 2.75) is 38.9 Å². The molecule has 4 atom stereocenters. The molecule has 7 nitrogen and oxygen atoms in total. The van der Waals surface area contributed by atoms with E-state index in [1.165, 1.54) is 0 Å². The molecule has 26 heavy (non-hydrogen) atoms. The summed E-state index contributed by atoms with van der Waals surface area (Å²) < 4.78 is 6.16. The SMILES string of the molecule is CC(C)(C)CN1C[C@]23C=C[C@H](O2)[C@@H](C(=O)N2CCCNC(=O)C2)[C@@H]3C1=O. The number of rotatable bonds is 2. The zero-order chi connectivity index (χ0) is 18.7. The van der Waals surface area contributed by atoms with Gasteiger partial charge in [0.25, 0.3) is 0 Å². The fourth-order valence-corrected chi connectivity index (χ4v) is 4.77. The number of ether oxygens (including phenoxy) is 1. The number of hydrogen-bond donors (Lipinski definition) is 1. The maximum absolute atomic E-state index is 13.2. The molecule has 7 heteroatoms. The van der Waals surface area contributed by atoms with Crippen molar-refractivity contribution in [1.29, 1.82) is 0 Å². The van der Waals surface area contributed by atoms with Crippen molar-refractivity contribution >= 4 is 17.7 Å². The first kappa shape index (κ1) is 17.5. The lowest BCUT2D eigenvalue weighted by Gasteiger charge is -2.30. The van der Waals surface area contributed by atoms with Crippen LogP contribution in [0.5, 0.6) is 0 Å². The third kappa shape index (κ3) is 2.73. The van der Waals surface area contributed by atoms with Gasteiger partial charge >= 0.3 is 0 Å². The van der Waals surface area contributed by atoms with Gasteiger partial charge in [-0.2, -0.15) is 0 Å². The van der Waals surface area contributed by atoms with Gasteiger partial charge in [0.05, 0.1) is 31.0 Å². The van der Waals surface area contributed by atoms with Gasteiger partial charge in [-0.1, -0.05) is 32.9 Å². The second-order valence-electron chi connectivity index (χ2n) is 9.12. The van der Waals surface area contributed by atoms with Crippen LogP contribution in [-0.4, -0.2) is 72.0 Å². The molecule has 0 aromatic carbocycles. The molecule has 142 valence electrons. The van der Waals surface area contributed by atoms with Gasteiger partial charge in [0, 0.05) is 19.6 Å². The zero-order valence-electron chi connectivity index (χ0n) is 15.7. The maximum Gasteiger partial charge on any atom is 0.239 e. The number of nitrogens with one attached hydrogen (secondary N) is 1. The van der Waals surface area contributed by atoms with Crippen LogP contribution in [-0.2, 0) is 19.1 Å². The molecule has 4 aliphatic heterocycles.